The van der Waals surface area contributed by atoms with E-state index in [1.165, 1.54) is 0 Å². The number of amides is 1. The zero-order valence-corrected chi connectivity index (χ0v) is 12.3. The van der Waals surface area contributed by atoms with Gasteiger partial charge < -0.3 is 10.1 Å². The third kappa shape index (κ3) is 7.68. The van der Waals surface area contributed by atoms with E-state index in [2.05, 4.69) is 10.1 Å². The van der Waals surface area contributed by atoms with Crippen LogP contribution in [0.25, 0.3) is 6.08 Å². The number of nitrogens with one attached hydrogen (secondary N) is 1. The molecule has 0 spiro atoms. The molecule has 0 radical (unpaired) electrons. The van der Waals surface area contributed by atoms with Crippen molar-refractivity contribution in [3.05, 3.63) is 45.8 Å². The van der Waals surface area contributed by atoms with Gasteiger partial charge in [0.15, 0.2) is 0 Å². The van der Waals surface area contributed by atoms with Crippen LogP contribution in [-0.2, 0) is 9.53 Å². The van der Waals surface area contributed by atoms with Crippen LogP contribution in [0, 0.1) is 15.9 Å². The molecule has 1 rings (SSSR count). The smallest absolute Gasteiger partial charge is 0.372 e. The minimum absolute atomic E-state index is 0.0464. The lowest BCUT2D eigenvalue weighted by atomic mass is 10.1. The van der Waals surface area contributed by atoms with E-state index in [9.17, 15) is 32.5 Å². The molecule has 1 aromatic rings. The van der Waals surface area contributed by atoms with Crippen molar-refractivity contribution in [1.29, 1.82) is 0 Å². The van der Waals surface area contributed by atoms with E-state index in [1.54, 1.807) is 0 Å². The Morgan fingerprint density at radius 3 is 2.71 bits per heavy atom. The number of rotatable bonds is 8. The van der Waals surface area contributed by atoms with E-state index in [1.807, 2.05) is 0 Å². The first-order valence-corrected chi connectivity index (χ1v) is 6.73. The highest BCUT2D eigenvalue weighted by molar-refractivity contribution is 5.92. The zero-order valence-electron chi connectivity index (χ0n) is 12.3. The number of carbonyl (C=O) groups is 1. The first kappa shape index (κ1) is 19.6. The molecule has 1 N–H and O–H groups in total. The molecule has 0 saturated heterocycles. The summed E-state index contributed by atoms with van der Waals surface area (Å²) in [5, 5.41) is 13.2. The number of ether oxygens (including phenoxy) is 1. The molecule has 132 valence electrons. The molecule has 0 aromatic heterocycles. The number of carbonyl (C=O) groups excluding carboxylic acids is 1. The molecule has 0 aliphatic carbocycles. The Morgan fingerprint density at radius 2 is 2.08 bits per heavy atom. The molecule has 0 unspecified atom stereocenters. The number of nitrogens with zero attached hydrogens (tertiary/aromatic N) is 1. The Hall–Kier alpha value is -2.49. The van der Waals surface area contributed by atoms with Gasteiger partial charge in [-0.25, -0.2) is 4.39 Å². The van der Waals surface area contributed by atoms with Crippen LogP contribution in [0.3, 0.4) is 0 Å². The summed E-state index contributed by atoms with van der Waals surface area (Å²) >= 11 is 0. The SMILES string of the molecule is O=C(C=Cc1ccc(F)cc1[N+](=O)[O-])NCCCOCC(F)(F)F. The molecule has 10 heteroatoms. The molecule has 0 saturated carbocycles. The predicted octanol–water partition coefficient (Wildman–Crippen LogP) is 2.83. The number of hydrogen-bond donors (Lipinski definition) is 1. The predicted molar refractivity (Wildman–Crippen MR) is 76.6 cm³/mol. The lowest BCUT2D eigenvalue weighted by Crippen LogP contribution is -2.24. The maximum atomic E-state index is 13.0. The molecule has 0 heterocycles. The Morgan fingerprint density at radius 1 is 1.38 bits per heavy atom. The van der Waals surface area contributed by atoms with E-state index >= 15 is 0 Å². The normalized spacial score (nSPS) is 11.7. The quantitative estimate of drug-likeness (QED) is 0.257. The van der Waals surface area contributed by atoms with Crippen LogP contribution in [0.1, 0.15) is 12.0 Å². The van der Waals surface area contributed by atoms with Crippen LogP contribution in [-0.4, -0.2) is 36.8 Å². The number of nitro benzene ring substituents is 1. The van der Waals surface area contributed by atoms with Gasteiger partial charge in [-0.3, -0.25) is 14.9 Å². The molecular formula is C14H14F4N2O4. The number of alkyl halides is 3. The average molecular weight is 350 g/mol. The lowest BCUT2D eigenvalue weighted by Gasteiger charge is -2.07. The topological polar surface area (TPSA) is 81.5 Å². The fraction of sp³-hybridized carbons (Fsp3) is 0.357. The second-order valence-electron chi connectivity index (χ2n) is 4.61. The van der Waals surface area contributed by atoms with Crippen LogP contribution in [0.5, 0.6) is 0 Å². The van der Waals surface area contributed by atoms with Gasteiger partial charge in [-0.05, 0) is 24.6 Å². The maximum Gasteiger partial charge on any atom is 0.411 e. The van der Waals surface area contributed by atoms with Crippen molar-refractivity contribution >= 4 is 17.7 Å². The largest absolute Gasteiger partial charge is 0.411 e. The summed E-state index contributed by atoms with van der Waals surface area (Å²) in [5.41, 5.74) is -0.440. The van der Waals surface area contributed by atoms with Crippen molar-refractivity contribution in [3.8, 4) is 0 Å². The summed E-state index contributed by atoms with van der Waals surface area (Å²) < 4.78 is 52.7. The molecule has 1 amide bonds. The maximum absolute atomic E-state index is 13.0. The van der Waals surface area contributed by atoms with E-state index in [-0.39, 0.29) is 25.1 Å². The zero-order chi connectivity index (χ0) is 18.2. The number of benzene rings is 1. The Kier molecular flexibility index (Phi) is 7.31. The van der Waals surface area contributed by atoms with Crippen LogP contribution in [0.4, 0.5) is 23.2 Å². The van der Waals surface area contributed by atoms with E-state index in [0.29, 0.717) is 0 Å². The first-order chi connectivity index (χ1) is 11.2. The van der Waals surface area contributed by atoms with Crippen LogP contribution < -0.4 is 5.32 Å². The van der Waals surface area contributed by atoms with Gasteiger partial charge in [-0.2, -0.15) is 13.2 Å². The number of hydrogen-bond acceptors (Lipinski definition) is 4. The Balaban J connectivity index is 2.40. The Bertz CT molecular complexity index is 617. The molecular weight excluding hydrogens is 336 g/mol. The highest BCUT2D eigenvalue weighted by Gasteiger charge is 2.27. The van der Waals surface area contributed by atoms with Crippen molar-refractivity contribution in [3.63, 3.8) is 0 Å². The first-order valence-electron chi connectivity index (χ1n) is 6.73. The standard InChI is InChI=1S/C14H14F4N2O4/c15-11-4-2-10(12(8-11)20(22)23)3-5-13(21)19-6-1-7-24-9-14(16,17)18/h2-5,8H,1,6-7,9H2,(H,19,21). The van der Waals surface area contributed by atoms with Crippen LogP contribution in [0.15, 0.2) is 24.3 Å². The van der Waals surface area contributed by atoms with Crippen molar-refractivity contribution < 1.29 is 32.0 Å². The van der Waals surface area contributed by atoms with Gasteiger partial charge in [0.25, 0.3) is 5.69 Å². The lowest BCUT2D eigenvalue weighted by molar-refractivity contribution is -0.385. The minimum atomic E-state index is -4.39. The molecule has 1 aromatic carbocycles. The second kappa shape index (κ2) is 8.96. The third-order valence-corrected chi connectivity index (χ3v) is 2.63. The molecule has 0 aliphatic heterocycles. The number of nitro groups is 1. The van der Waals surface area contributed by atoms with Crippen molar-refractivity contribution in [2.45, 2.75) is 12.6 Å². The fourth-order valence-corrected chi connectivity index (χ4v) is 1.61. The van der Waals surface area contributed by atoms with E-state index in [0.717, 1.165) is 30.4 Å². The summed E-state index contributed by atoms with van der Waals surface area (Å²) in [7, 11) is 0. The molecule has 0 fully saturated rings. The molecule has 0 atom stereocenters. The van der Waals surface area contributed by atoms with Gasteiger partial charge >= 0.3 is 6.18 Å². The monoisotopic (exact) mass is 350 g/mol. The Labute approximate surface area is 134 Å². The average Bonchev–Trinajstić information content (AvgIpc) is 2.48. The van der Waals surface area contributed by atoms with Crippen molar-refractivity contribution in [2.75, 3.05) is 19.8 Å². The van der Waals surface area contributed by atoms with Gasteiger partial charge in [0.05, 0.1) is 16.6 Å². The minimum Gasteiger partial charge on any atom is -0.372 e. The summed E-state index contributed by atoms with van der Waals surface area (Å²) in [6.45, 7) is -1.45. The van der Waals surface area contributed by atoms with Crippen molar-refractivity contribution in [1.82, 2.24) is 5.32 Å². The highest BCUT2D eigenvalue weighted by atomic mass is 19.4. The summed E-state index contributed by atoms with van der Waals surface area (Å²) in [6.07, 6.45) is -2.06. The van der Waals surface area contributed by atoms with Crippen LogP contribution in [0.2, 0.25) is 0 Å². The summed E-state index contributed by atoms with van der Waals surface area (Å²) in [4.78, 5) is 21.5. The molecule has 6 nitrogen and oxygen atoms in total. The van der Waals surface area contributed by atoms with Gasteiger partial charge in [-0.15, -0.1) is 0 Å². The molecule has 24 heavy (non-hydrogen) atoms. The van der Waals surface area contributed by atoms with E-state index in [4.69, 9.17) is 0 Å². The van der Waals surface area contributed by atoms with Crippen LogP contribution >= 0.6 is 0 Å². The third-order valence-electron chi connectivity index (χ3n) is 2.63. The molecule has 0 bridgehead atoms. The van der Waals surface area contributed by atoms with Crippen molar-refractivity contribution in [2.24, 2.45) is 0 Å². The summed E-state index contributed by atoms with van der Waals surface area (Å²) in [5.74, 6) is -1.37. The van der Waals surface area contributed by atoms with Gasteiger partial charge in [0, 0.05) is 19.2 Å². The van der Waals surface area contributed by atoms with Gasteiger partial charge in [0.1, 0.15) is 12.4 Å². The molecule has 0 aliphatic rings. The highest BCUT2D eigenvalue weighted by Crippen LogP contribution is 2.20. The van der Waals surface area contributed by atoms with Gasteiger partial charge in [-0.1, -0.05) is 0 Å². The van der Waals surface area contributed by atoms with E-state index < -0.39 is 35.1 Å². The summed E-state index contributed by atoms with van der Waals surface area (Å²) in [6, 6.07) is 2.90. The second-order valence-corrected chi connectivity index (χ2v) is 4.61. The number of halogens is 4. The fourth-order valence-electron chi connectivity index (χ4n) is 1.61. The van der Waals surface area contributed by atoms with Gasteiger partial charge in [0.2, 0.25) is 5.91 Å².